The molecule has 0 bridgehead atoms. The second-order valence-electron chi connectivity index (χ2n) is 3.05. The van der Waals surface area contributed by atoms with Crippen molar-refractivity contribution in [1.29, 1.82) is 5.26 Å². The molecule has 0 spiro atoms. The smallest absolute Gasteiger partial charge is 0.356 e. The Kier molecular flexibility index (Phi) is 4.17. The molecule has 0 saturated carbocycles. The van der Waals surface area contributed by atoms with Crippen LogP contribution in [0.25, 0.3) is 0 Å². The maximum absolute atomic E-state index is 11.3. The Morgan fingerprint density at radius 2 is 2.00 bits per heavy atom. The molecule has 6 nitrogen and oxygen atoms in total. The predicted molar refractivity (Wildman–Crippen MR) is 56.2 cm³/mol. The number of pyridine rings is 1. The van der Waals surface area contributed by atoms with E-state index in [-0.39, 0.29) is 17.7 Å². The van der Waals surface area contributed by atoms with E-state index >= 15 is 0 Å². The van der Waals surface area contributed by atoms with Crippen molar-refractivity contribution in [3.8, 4) is 6.07 Å². The van der Waals surface area contributed by atoms with E-state index in [1.807, 2.05) is 6.07 Å². The molecule has 0 atom stereocenters. The van der Waals surface area contributed by atoms with E-state index in [0.717, 1.165) is 0 Å². The number of aromatic nitrogens is 1. The molecule has 1 aromatic heterocycles. The zero-order valence-electron chi connectivity index (χ0n) is 9.39. The van der Waals surface area contributed by atoms with Gasteiger partial charge in [0.1, 0.15) is 0 Å². The molecule has 88 valence electrons. The fourth-order valence-corrected chi connectivity index (χ4v) is 1.24. The number of rotatable bonds is 3. The number of hydrogen-bond donors (Lipinski definition) is 0. The minimum Gasteiger partial charge on any atom is -0.465 e. The van der Waals surface area contributed by atoms with Gasteiger partial charge in [0.15, 0.2) is 5.69 Å². The van der Waals surface area contributed by atoms with Crippen molar-refractivity contribution < 1.29 is 19.1 Å². The molecule has 0 aliphatic heterocycles. The van der Waals surface area contributed by atoms with Gasteiger partial charge in [0.25, 0.3) is 0 Å². The molecule has 0 N–H and O–H groups in total. The maximum atomic E-state index is 11.3. The number of carbonyl (C=O) groups excluding carboxylic acids is 2. The van der Waals surface area contributed by atoms with Crippen molar-refractivity contribution in [2.75, 3.05) is 14.2 Å². The van der Waals surface area contributed by atoms with Gasteiger partial charge in [-0.1, -0.05) is 0 Å². The summed E-state index contributed by atoms with van der Waals surface area (Å²) in [4.78, 5) is 26.4. The van der Waals surface area contributed by atoms with Gasteiger partial charge < -0.3 is 9.47 Å². The van der Waals surface area contributed by atoms with Crippen LogP contribution in [0.5, 0.6) is 0 Å². The largest absolute Gasteiger partial charge is 0.465 e. The summed E-state index contributed by atoms with van der Waals surface area (Å²) in [6.07, 6.45) is 1.17. The Balaban J connectivity index is 3.22. The van der Waals surface area contributed by atoms with E-state index in [1.54, 1.807) is 0 Å². The molecule has 0 saturated heterocycles. The van der Waals surface area contributed by atoms with Crippen LogP contribution in [0.1, 0.15) is 26.4 Å². The molecule has 0 fully saturated rings. The van der Waals surface area contributed by atoms with Crippen LogP contribution < -0.4 is 0 Å². The second kappa shape index (κ2) is 5.61. The molecule has 0 unspecified atom stereocenters. The molecule has 0 aliphatic carbocycles. The van der Waals surface area contributed by atoms with E-state index in [0.29, 0.717) is 5.56 Å². The highest BCUT2D eigenvalue weighted by molar-refractivity contribution is 5.92. The molecule has 0 radical (unpaired) electrons. The topological polar surface area (TPSA) is 89.3 Å². The SMILES string of the molecule is COC(=O)c1cnc(C(=O)OC)c(CC#N)c1. The number of carbonyl (C=O) groups is 2. The zero-order chi connectivity index (χ0) is 12.8. The van der Waals surface area contributed by atoms with Crippen molar-refractivity contribution in [1.82, 2.24) is 4.98 Å². The maximum Gasteiger partial charge on any atom is 0.356 e. The van der Waals surface area contributed by atoms with Crippen LogP contribution in [-0.2, 0) is 15.9 Å². The Morgan fingerprint density at radius 3 is 2.53 bits per heavy atom. The molecular formula is C11H10N2O4. The van der Waals surface area contributed by atoms with Gasteiger partial charge in [0.05, 0.1) is 32.3 Å². The van der Waals surface area contributed by atoms with Crippen molar-refractivity contribution in [2.45, 2.75) is 6.42 Å². The average molecular weight is 234 g/mol. The van der Waals surface area contributed by atoms with Crippen molar-refractivity contribution in [2.24, 2.45) is 0 Å². The number of nitriles is 1. The third-order valence-corrected chi connectivity index (χ3v) is 2.04. The number of nitrogens with zero attached hydrogens (tertiary/aromatic N) is 2. The molecule has 0 aliphatic rings. The van der Waals surface area contributed by atoms with Gasteiger partial charge in [0.2, 0.25) is 0 Å². The van der Waals surface area contributed by atoms with Crippen LogP contribution >= 0.6 is 0 Å². The third-order valence-electron chi connectivity index (χ3n) is 2.04. The van der Waals surface area contributed by atoms with Gasteiger partial charge in [-0.25, -0.2) is 14.6 Å². The summed E-state index contributed by atoms with van der Waals surface area (Å²) in [5.74, 6) is -1.22. The predicted octanol–water partition coefficient (Wildman–Crippen LogP) is 0.721. The summed E-state index contributed by atoms with van der Waals surface area (Å²) < 4.78 is 9.04. The monoisotopic (exact) mass is 234 g/mol. The van der Waals surface area contributed by atoms with Gasteiger partial charge in [0, 0.05) is 11.8 Å². The van der Waals surface area contributed by atoms with Crippen LogP contribution in [0.4, 0.5) is 0 Å². The summed E-state index contributed by atoms with van der Waals surface area (Å²) in [5.41, 5.74) is 0.550. The quantitative estimate of drug-likeness (QED) is 0.716. The fraction of sp³-hybridized carbons (Fsp3) is 0.273. The zero-order valence-corrected chi connectivity index (χ0v) is 9.39. The standard InChI is InChI=1S/C11H10N2O4/c1-16-10(14)8-5-7(3-4-12)9(13-6-8)11(15)17-2/h5-6H,3H2,1-2H3. The summed E-state index contributed by atoms with van der Waals surface area (Å²) in [6, 6.07) is 3.28. The third kappa shape index (κ3) is 2.78. The minimum atomic E-state index is -0.647. The van der Waals surface area contributed by atoms with Crippen molar-refractivity contribution in [3.63, 3.8) is 0 Å². The highest BCUT2D eigenvalue weighted by Crippen LogP contribution is 2.11. The molecule has 17 heavy (non-hydrogen) atoms. The molecule has 0 amide bonds. The van der Waals surface area contributed by atoms with E-state index in [9.17, 15) is 9.59 Å². The van der Waals surface area contributed by atoms with E-state index in [2.05, 4.69) is 14.5 Å². The van der Waals surface area contributed by atoms with Crippen LogP contribution in [0, 0.1) is 11.3 Å². The lowest BCUT2D eigenvalue weighted by atomic mass is 10.1. The molecule has 1 heterocycles. The summed E-state index contributed by atoms with van der Waals surface area (Å²) in [5, 5.41) is 8.64. The Labute approximate surface area is 97.8 Å². The number of methoxy groups -OCH3 is 2. The van der Waals surface area contributed by atoms with Crippen molar-refractivity contribution in [3.05, 3.63) is 29.1 Å². The first-order valence-electron chi connectivity index (χ1n) is 4.66. The highest BCUT2D eigenvalue weighted by Gasteiger charge is 2.16. The van der Waals surface area contributed by atoms with Crippen LogP contribution in [-0.4, -0.2) is 31.1 Å². The molecule has 1 aromatic rings. The highest BCUT2D eigenvalue weighted by atomic mass is 16.5. The molecular weight excluding hydrogens is 224 g/mol. The normalized spacial score (nSPS) is 9.24. The van der Waals surface area contributed by atoms with Gasteiger partial charge in [-0.2, -0.15) is 5.26 Å². The first-order valence-corrected chi connectivity index (χ1v) is 4.66. The van der Waals surface area contributed by atoms with Gasteiger partial charge >= 0.3 is 11.9 Å². The summed E-state index contributed by atoms with van der Waals surface area (Å²) in [7, 11) is 2.45. The summed E-state index contributed by atoms with van der Waals surface area (Å²) >= 11 is 0. The molecule has 0 aromatic carbocycles. The van der Waals surface area contributed by atoms with E-state index < -0.39 is 11.9 Å². The Morgan fingerprint density at radius 1 is 1.35 bits per heavy atom. The molecule has 1 rings (SSSR count). The van der Waals surface area contributed by atoms with Gasteiger partial charge in [-0.3, -0.25) is 0 Å². The number of hydrogen-bond acceptors (Lipinski definition) is 6. The van der Waals surface area contributed by atoms with Crippen molar-refractivity contribution >= 4 is 11.9 Å². The van der Waals surface area contributed by atoms with Crippen LogP contribution in [0.15, 0.2) is 12.3 Å². The lowest BCUT2D eigenvalue weighted by molar-refractivity contribution is 0.0580. The van der Waals surface area contributed by atoms with E-state index in [4.69, 9.17) is 5.26 Å². The van der Waals surface area contributed by atoms with Gasteiger partial charge in [-0.15, -0.1) is 0 Å². The number of ether oxygens (including phenoxy) is 2. The summed E-state index contributed by atoms with van der Waals surface area (Å²) in [6.45, 7) is 0. The lowest BCUT2D eigenvalue weighted by Crippen LogP contribution is -2.11. The van der Waals surface area contributed by atoms with Gasteiger partial charge in [-0.05, 0) is 6.07 Å². The van der Waals surface area contributed by atoms with E-state index in [1.165, 1.54) is 26.5 Å². The van der Waals surface area contributed by atoms with Crippen LogP contribution in [0.3, 0.4) is 0 Å². The number of esters is 2. The second-order valence-corrected chi connectivity index (χ2v) is 3.05. The molecule has 6 heteroatoms. The Hall–Kier alpha value is -2.42. The Bertz CT molecular complexity index is 491. The van der Waals surface area contributed by atoms with Crippen LogP contribution in [0.2, 0.25) is 0 Å². The first kappa shape index (κ1) is 12.6. The average Bonchev–Trinajstić information content (AvgIpc) is 2.37. The lowest BCUT2D eigenvalue weighted by Gasteiger charge is -2.05. The first-order chi connectivity index (χ1) is 8.13. The minimum absolute atomic E-state index is 0.0294. The fourth-order valence-electron chi connectivity index (χ4n) is 1.24.